The summed E-state index contributed by atoms with van der Waals surface area (Å²) in [5.41, 5.74) is 1.15. The van der Waals surface area contributed by atoms with Crippen molar-refractivity contribution in [1.82, 2.24) is 9.13 Å². The Labute approximate surface area is 79.1 Å². The van der Waals surface area contributed by atoms with Crippen molar-refractivity contribution in [3.8, 4) is 0 Å². The van der Waals surface area contributed by atoms with Crippen LogP contribution in [0.2, 0.25) is 0 Å². The molecule has 1 aliphatic rings. The smallest absolute Gasteiger partial charge is 0.292 e. The number of nitrogens with zero attached hydrogens (tertiary/aromatic N) is 2. The number of imidazole rings is 1. The molecule has 1 aromatic heterocycles. The molecule has 1 fully saturated rings. The molecule has 4 heteroatoms. The van der Waals surface area contributed by atoms with Gasteiger partial charge >= 0.3 is 5.69 Å². The van der Waals surface area contributed by atoms with Crippen LogP contribution in [0.5, 0.6) is 0 Å². The van der Waals surface area contributed by atoms with Crippen LogP contribution in [-0.4, -0.2) is 9.13 Å². The van der Waals surface area contributed by atoms with E-state index in [1.807, 2.05) is 11.5 Å². The lowest BCUT2D eigenvalue weighted by Crippen LogP contribution is -2.22. The van der Waals surface area contributed by atoms with E-state index < -0.39 is 0 Å². The molecule has 1 saturated carbocycles. The van der Waals surface area contributed by atoms with E-state index in [2.05, 4.69) is 15.9 Å². The van der Waals surface area contributed by atoms with Crippen LogP contribution in [0.25, 0.3) is 0 Å². The zero-order valence-corrected chi connectivity index (χ0v) is 8.76. The van der Waals surface area contributed by atoms with Crippen molar-refractivity contribution >= 4 is 15.9 Å². The second kappa shape index (κ2) is 2.49. The maximum Gasteiger partial charge on any atom is 0.329 e. The largest absolute Gasteiger partial charge is 0.329 e. The molecule has 0 aliphatic heterocycles. The van der Waals surface area contributed by atoms with Crippen molar-refractivity contribution in [2.24, 2.45) is 7.05 Å². The van der Waals surface area contributed by atoms with E-state index >= 15 is 0 Å². The SMILES string of the molecule is Cc1c(Br)n(C)c(=O)n1C1CC1. The van der Waals surface area contributed by atoms with E-state index in [1.165, 1.54) is 0 Å². The third-order valence-corrected chi connectivity index (χ3v) is 3.47. The molecule has 3 nitrogen and oxygen atoms in total. The van der Waals surface area contributed by atoms with Crippen molar-refractivity contribution in [1.29, 1.82) is 0 Å². The molecular weight excluding hydrogens is 220 g/mol. The van der Waals surface area contributed by atoms with Crippen molar-refractivity contribution in [3.63, 3.8) is 0 Å². The molecule has 0 aromatic carbocycles. The first-order valence-corrected chi connectivity index (χ1v) is 4.85. The minimum atomic E-state index is 0.0990. The van der Waals surface area contributed by atoms with E-state index in [9.17, 15) is 4.79 Å². The predicted octanol–water partition coefficient (Wildman–Crippen LogP) is 1.59. The number of halogens is 1. The van der Waals surface area contributed by atoms with Gasteiger partial charge in [0.2, 0.25) is 0 Å². The van der Waals surface area contributed by atoms with Crippen molar-refractivity contribution in [3.05, 3.63) is 20.8 Å². The van der Waals surface area contributed by atoms with Crippen LogP contribution in [0.15, 0.2) is 9.40 Å². The molecule has 0 N–H and O–H groups in total. The van der Waals surface area contributed by atoms with Gasteiger partial charge in [-0.05, 0) is 35.7 Å². The Balaban J connectivity index is 2.66. The predicted molar refractivity (Wildman–Crippen MR) is 50.4 cm³/mol. The molecule has 0 atom stereocenters. The Bertz CT molecular complexity index is 373. The Morgan fingerprint density at radius 1 is 1.50 bits per heavy atom. The van der Waals surface area contributed by atoms with Gasteiger partial charge in [-0.3, -0.25) is 9.13 Å². The average Bonchev–Trinajstić information content (AvgIpc) is 2.82. The fourth-order valence-electron chi connectivity index (χ4n) is 1.49. The van der Waals surface area contributed by atoms with Gasteiger partial charge in [0.25, 0.3) is 0 Å². The third kappa shape index (κ3) is 0.975. The zero-order valence-electron chi connectivity index (χ0n) is 7.17. The number of hydrogen-bond acceptors (Lipinski definition) is 1. The van der Waals surface area contributed by atoms with Crippen LogP contribution < -0.4 is 5.69 Å². The summed E-state index contributed by atoms with van der Waals surface area (Å²) in [5.74, 6) is 0. The third-order valence-electron chi connectivity index (χ3n) is 2.36. The van der Waals surface area contributed by atoms with Crippen molar-refractivity contribution in [2.75, 3.05) is 0 Å². The van der Waals surface area contributed by atoms with Gasteiger partial charge in [0.15, 0.2) is 0 Å². The van der Waals surface area contributed by atoms with E-state index in [4.69, 9.17) is 0 Å². The summed E-state index contributed by atoms with van der Waals surface area (Å²) in [6.07, 6.45) is 2.30. The normalized spacial score (nSPS) is 16.9. The Kier molecular flexibility index (Phi) is 1.68. The van der Waals surface area contributed by atoms with Crippen molar-refractivity contribution < 1.29 is 0 Å². The molecule has 0 saturated heterocycles. The van der Waals surface area contributed by atoms with Gasteiger partial charge in [0.1, 0.15) is 4.60 Å². The van der Waals surface area contributed by atoms with E-state index in [0.717, 1.165) is 23.1 Å². The summed E-state index contributed by atoms with van der Waals surface area (Å²) in [6, 6.07) is 0.468. The molecule has 0 amide bonds. The Hall–Kier alpha value is -0.510. The minimum Gasteiger partial charge on any atom is -0.292 e. The molecule has 1 heterocycles. The molecule has 0 unspecified atom stereocenters. The number of hydrogen-bond donors (Lipinski definition) is 0. The van der Waals surface area contributed by atoms with E-state index in [1.54, 1.807) is 11.6 Å². The second-order valence-electron chi connectivity index (χ2n) is 3.32. The summed E-state index contributed by atoms with van der Waals surface area (Å²) in [6.45, 7) is 1.98. The summed E-state index contributed by atoms with van der Waals surface area (Å²) in [7, 11) is 1.79. The van der Waals surface area contributed by atoms with Gasteiger partial charge in [-0.2, -0.15) is 0 Å². The first-order valence-electron chi connectivity index (χ1n) is 4.06. The monoisotopic (exact) mass is 230 g/mol. The Morgan fingerprint density at radius 2 is 2.08 bits per heavy atom. The maximum absolute atomic E-state index is 11.6. The maximum atomic E-state index is 11.6. The van der Waals surface area contributed by atoms with Gasteiger partial charge in [-0.25, -0.2) is 4.79 Å². The zero-order chi connectivity index (χ0) is 8.88. The molecule has 0 radical (unpaired) electrons. The standard InChI is InChI=1S/C8H11BrN2O/c1-5-7(9)10(2)8(12)11(5)6-3-4-6/h6H,3-4H2,1-2H3. The molecular formula is C8H11BrN2O. The molecule has 0 spiro atoms. The van der Waals surface area contributed by atoms with E-state index in [-0.39, 0.29) is 5.69 Å². The highest BCUT2D eigenvalue weighted by Gasteiger charge is 2.28. The summed E-state index contributed by atoms with van der Waals surface area (Å²) >= 11 is 3.39. The minimum absolute atomic E-state index is 0.0990. The average molecular weight is 231 g/mol. The fourth-order valence-corrected chi connectivity index (χ4v) is 1.84. The highest BCUT2D eigenvalue weighted by atomic mass is 79.9. The highest BCUT2D eigenvalue weighted by Crippen LogP contribution is 2.35. The molecule has 12 heavy (non-hydrogen) atoms. The Morgan fingerprint density at radius 3 is 2.42 bits per heavy atom. The van der Waals surface area contributed by atoms with Crippen LogP contribution >= 0.6 is 15.9 Å². The second-order valence-corrected chi connectivity index (χ2v) is 4.07. The first-order chi connectivity index (χ1) is 5.63. The summed E-state index contributed by atoms with van der Waals surface area (Å²) in [5, 5.41) is 0. The highest BCUT2D eigenvalue weighted by molar-refractivity contribution is 9.10. The lowest BCUT2D eigenvalue weighted by atomic mass is 10.5. The molecule has 1 aliphatic carbocycles. The summed E-state index contributed by atoms with van der Waals surface area (Å²) in [4.78, 5) is 11.6. The van der Waals surface area contributed by atoms with E-state index in [0.29, 0.717) is 6.04 Å². The van der Waals surface area contributed by atoms with Gasteiger partial charge < -0.3 is 0 Å². The number of aromatic nitrogens is 2. The summed E-state index contributed by atoms with van der Waals surface area (Å²) < 4.78 is 4.43. The molecule has 66 valence electrons. The van der Waals surface area contributed by atoms with Crippen molar-refractivity contribution in [2.45, 2.75) is 25.8 Å². The van der Waals surface area contributed by atoms with Gasteiger partial charge in [0.05, 0.1) is 5.69 Å². The van der Waals surface area contributed by atoms with Crippen LogP contribution in [0.3, 0.4) is 0 Å². The van der Waals surface area contributed by atoms with Crippen LogP contribution in [-0.2, 0) is 7.05 Å². The molecule has 2 rings (SSSR count). The topological polar surface area (TPSA) is 26.9 Å². The number of rotatable bonds is 1. The van der Waals surface area contributed by atoms with Crippen LogP contribution in [0, 0.1) is 6.92 Å². The van der Waals surface area contributed by atoms with Gasteiger partial charge in [0, 0.05) is 13.1 Å². The van der Waals surface area contributed by atoms with Gasteiger partial charge in [-0.15, -0.1) is 0 Å². The van der Waals surface area contributed by atoms with Crippen LogP contribution in [0.4, 0.5) is 0 Å². The lowest BCUT2D eigenvalue weighted by Gasteiger charge is -1.98. The van der Waals surface area contributed by atoms with Crippen LogP contribution in [0.1, 0.15) is 24.6 Å². The quantitative estimate of drug-likeness (QED) is 0.721. The van der Waals surface area contributed by atoms with Gasteiger partial charge in [-0.1, -0.05) is 0 Å². The fraction of sp³-hybridized carbons (Fsp3) is 0.625. The lowest BCUT2D eigenvalue weighted by molar-refractivity contribution is 0.664. The molecule has 1 aromatic rings. The first kappa shape index (κ1) is 8.10. The molecule has 0 bridgehead atoms.